The first-order valence-corrected chi connectivity index (χ1v) is 10.6. The molecule has 1 saturated heterocycles. The van der Waals surface area contributed by atoms with Gasteiger partial charge in [-0.2, -0.15) is 11.3 Å². The number of aromatic nitrogens is 1. The molecule has 1 fully saturated rings. The number of thiophene rings is 1. The summed E-state index contributed by atoms with van der Waals surface area (Å²) in [5, 5.41) is 6.16. The molecule has 8 heteroatoms. The number of carbonyl (C=O) groups is 2. The van der Waals surface area contributed by atoms with Crippen LogP contribution in [0, 0.1) is 12.7 Å². The lowest BCUT2D eigenvalue weighted by atomic mass is 10.1. The van der Waals surface area contributed by atoms with Gasteiger partial charge in [0.1, 0.15) is 11.6 Å². The van der Waals surface area contributed by atoms with Crippen molar-refractivity contribution >= 4 is 34.7 Å². The number of halogens is 1. The molecule has 2 aromatic heterocycles. The zero-order chi connectivity index (χ0) is 21.1. The first-order valence-electron chi connectivity index (χ1n) is 9.61. The highest BCUT2D eigenvalue weighted by Crippen LogP contribution is 2.21. The van der Waals surface area contributed by atoms with Gasteiger partial charge in [0.2, 0.25) is 0 Å². The van der Waals surface area contributed by atoms with Crippen LogP contribution in [-0.4, -0.2) is 47.9 Å². The van der Waals surface area contributed by atoms with Gasteiger partial charge in [-0.1, -0.05) is 6.07 Å². The third-order valence-corrected chi connectivity index (χ3v) is 5.72. The molecular formula is C22H21FN4O2S. The normalized spacial score (nSPS) is 13.9. The largest absolute Gasteiger partial charge is 0.353 e. The SMILES string of the molecule is Cc1cccnc1N1CCN(C(=O)c2cc(F)cc(NC(=O)c3ccsc3)c2)CC1. The van der Waals surface area contributed by atoms with E-state index >= 15 is 0 Å². The van der Waals surface area contributed by atoms with Crippen LogP contribution < -0.4 is 10.2 Å². The summed E-state index contributed by atoms with van der Waals surface area (Å²) in [6.45, 7) is 4.35. The predicted octanol–water partition coefficient (Wildman–Crippen LogP) is 3.81. The number of rotatable bonds is 4. The summed E-state index contributed by atoms with van der Waals surface area (Å²) in [5.41, 5.74) is 2.07. The van der Waals surface area contributed by atoms with Crippen LogP contribution in [0.15, 0.2) is 53.4 Å². The Morgan fingerprint density at radius 1 is 1.10 bits per heavy atom. The molecule has 6 nitrogen and oxygen atoms in total. The molecule has 30 heavy (non-hydrogen) atoms. The Bertz CT molecular complexity index is 1060. The Morgan fingerprint density at radius 2 is 1.90 bits per heavy atom. The second kappa shape index (κ2) is 8.62. The highest BCUT2D eigenvalue weighted by atomic mass is 32.1. The summed E-state index contributed by atoms with van der Waals surface area (Å²) < 4.78 is 14.1. The van der Waals surface area contributed by atoms with Gasteiger partial charge in [0.25, 0.3) is 11.8 Å². The minimum Gasteiger partial charge on any atom is -0.353 e. The molecule has 1 aromatic carbocycles. The topological polar surface area (TPSA) is 65.5 Å². The molecule has 1 aliphatic rings. The molecular weight excluding hydrogens is 403 g/mol. The van der Waals surface area contributed by atoms with Crippen LogP contribution >= 0.6 is 11.3 Å². The zero-order valence-electron chi connectivity index (χ0n) is 16.5. The molecule has 3 aromatic rings. The number of hydrogen-bond acceptors (Lipinski definition) is 5. The van der Waals surface area contributed by atoms with Gasteiger partial charge in [0.05, 0.1) is 5.56 Å². The number of nitrogens with one attached hydrogen (secondary N) is 1. The fourth-order valence-corrected chi connectivity index (χ4v) is 4.13. The highest BCUT2D eigenvalue weighted by Gasteiger charge is 2.24. The summed E-state index contributed by atoms with van der Waals surface area (Å²) >= 11 is 1.40. The van der Waals surface area contributed by atoms with Crippen molar-refractivity contribution in [2.75, 3.05) is 36.4 Å². The molecule has 3 heterocycles. The third-order valence-electron chi connectivity index (χ3n) is 5.03. The fraction of sp³-hybridized carbons (Fsp3) is 0.227. The van der Waals surface area contributed by atoms with Gasteiger partial charge in [-0.3, -0.25) is 9.59 Å². The maximum Gasteiger partial charge on any atom is 0.256 e. The summed E-state index contributed by atoms with van der Waals surface area (Å²) in [4.78, 5) is 33.5. The van der Waals surface area contributed by atoms with Crippen molar-refractivity contribution < 1.29 is 14.0 Å². The van der Waals surface area contributed by atoms with Gasteiger partial charge < -0.3 is 15.1 Å². The average molecular weight is 425 g/mol. The maximum absolute atomic E-state index is 14.1. The Balaban J connectivity index is 1.44. The third kappa shape index (κ3) is 4.33. The average Bonchev–Trinajstić information content (AvgIpc) is 3.28. The van der Waals surface area contributed by atoms with Crippen LogP contribution in [0.5, 0.6) is 0 Å². The number of hydrogen-bond donors (Lipinski definition) is 1. The molecule has 0 atom stereocenters. The molecule has 1 N–H and O–H groups in total. The Kier molecular flexibility index (Phi) is 5.76. The summed E-state index contributed by atoms with van der Waals surface area (Å²) in [7, 11) is 0. The van der Waals surface area contributed by atoms with Crippen molar-refractivity contribution in [3.63, 3.8) is 0 Å². The molecule has 2 amide bonds. The number of benzene rings is 1. The Morgan fingerprint density at radius 3 is 2.60 bits per heavy atom. The number of amides is 2. The van der Waals surface area contributed by atoms with Crippen LogP contribution in [0.25, 0.3) is 0 Å². The van der Waals surface area contributed by atoms with Crippen LogP contribution in [-0.2, 0) is 0 Å². The van der Waals surface area contributed by atoms with Crippen molar-refractivity contribution in [3.8, 4) is 0 Å². The van der Waals surface area contributed by atoms with Crippen molar-refractivity contribution in [1.29, 1.82) is 0 Å². The van der Waals surface area contributed by atoms with E-state index in [0.29, 0.717) is 31.7 Å². The van der Waals surface area contributed by atoms with Crippen molar-refractivity contribution in [2.24, 2.45) is 0 Å². The van der Waals surface area contributed by atoms with Crippen LogP contribution in [0.4, 0.5) is 15.9 Å². The van der Waals surface area contributed by atoms with Crippen LogP contribution in [0.2, 0.25) is 0 Å². The lowest BCUT2D eigenvalue weighted by Crippen LogP contribution is -2.49. The number of piperazine rings is 1. The molecule has 0 bridgehead atoms. The molecule has 1 aliphatic heterocycles. The Labute approximate surface area is 178 Å². The molecule has 0 radical (unpaired) electrons. The molecule has 154 valence electrons. The first-order chi connectivity index (χ1) is 14.5. The predicted molar refractivity (Wildman–Crippen MR) is 116 cm³/mol. The van der Waals surface area contributed by atoms with Crippen LogP contribution in [0.3, 0.4) is 0 Å². The summed E-state index contributed by atoms with van der Waals surface area (Å²) in [6, 6.07) is 9.54. The fourth-order valence-electron chi connectivity index (χ4n) is 3.49. The molecule has 0 saturated carbocycles. The number of carbonyl (C=O) groups excluding carboxylic acids is 2. The number of aryl methyl sites for hydroxylation is 1. The van der Waals surface area contributed by atoms with E-state index in [4.69, 9.17) is 0 Å². The Hall–Kier alpha value is -3.26. The van der Waals surface area contributed by atoms with E-state index < -0.39 is 5.82 Å². The molecule has 4 rings (SSSR count). The standard InChI is InChI=1S/C22H21FN4O2S/c1-15-3-2-5-24-20(15)26-6-8-27(9-7-26)22(29)17-11-18(23)13-19(12-17)25-21(28)16-4-10-30-14-16/h2-5,10-14H,6-9H2,1H3,(H,25,28). The van der Waals surface area contributed by atoms with E-state index in [9.17, 15) is 14.0 Å². The van der Waals surface area contributed by atoms with E-state index in [2.05, 4.69) is 15.2 Å². The molecule has 0 spiro atoms. The van der Waals surface area contributed by atoms with Crippen LogP contribution in [0.1, 0.15) is 26.3 Å². The first kappa shape index (κ1) is 20.0. The molecule has 0 aliphatic carbocycles. The minimum atomic E-state index is -0.566. The van der Waals surface area contributed by atoms with E-state index in [1.54, 1.807) is 27.9 Å². The van der Waals surface area contributed by atoms with Crippen molar-refractivity contribution in [3.05, 3.63) is 75.9 Å². The van der Waals surface area contributed by atoms with Gasteiger partial charge in [0.15, 0.2) is 0 Å². The number of pyridine rings is 1. The maximum atomic E-state index is 14.1. The second-order valence-corrected chi connectivity index (χ2v) is 7.90. The lowest BCUT2D eigenvalue weighted by Gasteiger charge is -2.36. The quantitative estimate of drug-likeness (QED) is 0.692. The van der Waals surface area contributed by atoms with Crippen molar-refractivity contribution in [2.45, 2.75) is 6.92 Å². The second-order valence-electron chi connectivity index (χ2n) is 7.12. The van der Waals surface area contributed by atoms with Crippen molar-refractivity contribution in [1.82, 2.24) is 9.88 Å². The van der Waals surface area contributed by atoms with Gasteiger partial charge in [0, 0.05) is 49.0 Å². The minimum absolute atomic E-state index is 0.220. The summed E-state index contributed by atoms with van der Waals surface area (Å²) in [5.74, 6) is -0.226. The monoisotopic (exact) mass is 424 g/mol. The highest BCUT2D eigenvalue weighted by molar-refractivity contribution is 7.08. The van der Waals surface area contributed by atoms with Gasteiger partial charge in [-0.05, 0) is 48.2 Å². The lowest BCUT2D eigenvalue weighted by molar-refractivity contribution is 0.0745. The van der Waals surface area contributed by atoms with Gasteiger partial charge in [-0.25, -0.2) is 9.37 Å². The molecule has 0 unspecified atom stereocenters. The van der Waals surface area contributed by atoms with E-state index in [-0.39, 0.29) is 23.1 Å². The number of anilines is 2. The summed E-state index contributed by atoms with van der Waals surface area (Å²) in [6.07, 6.45) is 1.76. The van der Waals surface area contributed by atoms with E-state index in [1.807, 2.05) is 19.1 Å². The zero-order valence-corrected chi connectivity index (χ0v) is 17.3. The van der Waals surface area contributed by atoms with E-state index in [1.165, 1.54) is 29.5 Å². The van der Waals surface area contributed by atoms with Gasteiger partial charge in [-0.15, -0.1) is 0 Å². The number of nitrogens with zero attached hydrogens (tertiary/aromatic N) is 3. The smallest absolute Gasteiger partial charge is 0.256 e. The van der Waals surface area contributed by atoms with E-state index in [0.717, 1.165) is 11.4 Å². The van der Waals surface area contributed by atoms with Gasteiger partial charge >= 0.3 is 0 Å².